The average molecular weight is 427 g/mol. The van der Waals surface area contributed by atoms with Crippen LogP contribution in [0.15, 0.2) is 42.5 Å². The number of anilines is 2. The van der Waals surface area contributed by atoms with E-state index < -0.39 is 10.0 Å². The van der Waals surface area contributed by atoms with Crippen LogP contribution in [0.25, 0.3) is 0 Å². The van der Waals surface area contributed by atoms with Crippen molar-refractivity contribution in [3.63, 3.8) is 0 Å². The molecule has 0 unspecified atom stereocenters. The molecule has 0 bridgehead atoms. The molecule has 2 aromatic carbocycles. The molecule has 152 valence electrons. The maximum Gasteiger partial charge on any atom is 0.232 e. The Morgan fingerprint density at radius 3 is 2.39 bits per heavy atom. The van der Waals surface area contributed by atoms with E-state index >= 15 is 0 Å². The lowest BCUT2D eigenvalue weighted by molar-refractivity contribution is -0.116. The van der Waals surface area contributed by atoms with Crippen molar-refractivity contribution >= 4 is 38.9 Å². The Kier molecular flexibility index (Phi) is 7.53. The SMILES string of the molecule is COc1ccc(NC(=O)CCCN(c2ccccc2OC)S(C)(=O)=O)cc1Cl. The van der Waals surface area contributed by atoms with Crippen LogP contribution in [0.4, 0.5) is 11.4 Å². The van der Waals surface area contributed by atoms with Crippen LogP contribution in [0.5, 0.6) is 11.5 Å². The molecule has 9 heteroatoms. The van der Waals surface area contributed by atoms with Crippen LogP contribution in [-0.4, -0.2) is 41.3 Å². The number of halogens is 1. The fraction of sp³-hybridized carbons (Fsp3) is 0.316. The summed E-state index contributed by atoms with van der Waals surface area (Å²) in [5.41, 5.74) is 0.982. The number of nitrogens with zero attached hydrogens (tertiary/aromatic N) is 1. The first kappa shape index (κ1) is 21.8. The van der Waals surface area contributed by atoms with Gasteiger partial charge in [0.05, 0.1) is 31.2 Å². The first-order valence-corrected chi connectivity index (χ1v) is 10.7. The van der Waals surface area contributed by atoms with Crippen molar-refractivity contribution in [2.75, 3.05) is 36.6 Å². The number of nitrogens with one attached hydrogen (secondary N) is 1. The van der Waals surface area contributed by atoms with E-state index in [1.807, 2.05) is 0 Å². The third kappa shape index (κ3) is 5.77. The van der Waals surface area contributed by atoms with Crippen LogP contribution in [0.3, 0.4) is 0 Å². The summed E-state index contributed by atoms with van der Waals surface area (Å²) >= 11 is 6.04. The maximum atomic E-state index is 12.2. The number of methoxy groups -OCH3 is 2. The number of amides is 1. The minimum atomic E-state index is -3.53. The largest absolute Gasteiger partial charge is 0.495 e. The van der Waals surface area contributed by atoms with Crippen LogP contribution in [0.1, 0.15) is 12.8 Å². The van der Waals surface area contributed by atoms with Gasteiger partial charge in [0.25, 0.3) is 0 Å². The monoisotopic (exact) mass is 426 g/mol. The molecule has 0 radical (unpaired) electrons. The number of hydrogen-bond donors (Lipinski definition) is 1. The quantitative estimate of drug-likeness (QED) is 0.662. The summed E-state index contributed by atoms with van der Waals surface area (Å²) < 4.78 is 36.0. The molecule has 0 fully saturated rings. The van der Waals surface area contributed by atoms with Crippen LogP contribution in [0.2, 0.25) is 5.02 Å². The minimum absolute atomic E-state index is 0.144. The first-order chi connectivity index (χ1) is 13.3. The van der Waals surface area contributed by atoms with Crippen molar-refractivity contribution in [2.24, 2.45) is 0 Å². The molecule has 0 aliphatic rings. The Hall–Kier alpha value is -2.45. The summed E-state index contributed by atoms with van der Waals surface area (Å²) in [6.45, 7) is 0.149. The number of hydrogen-bond acceptors (Lipinski definition) is 5. The molecule has 0 heterocycles. The van der Waals surface area contributed by atoms with E-state index in [9.17, 15) is 13.2 Å². The van der Waals surface area contributed by atoms with E-state index in [-0.39, 0.29) is 18.9 Å². The smallest absolute Gasteiger partial charge is 0.232 e. The molecular formula is C19H23ClN2O5S. The molecule has 0 aliphatic carbocycles. The molecule has 0 saturated heterocycles. The number of carbonyl (C=O) groups is 1. The molecule has 0 saturated carbocycles. The van der Waals surface area contributed by atoms with Gasteiger partial charge in [0.1, 0.15) is 11.5 Å². The van der Waals surface area contributed by atoms with Crippen molar-refractivity contribution in [2.45, 2.75) is 12.8 Å². The van der Waals surface area contributed by atoms with Crippen molar-refractivity contribution < 1.29 is 22.7 Å². The van der Waals surface area contributed by atoms with Crippen LogP contribution in [-0.2, 0) is 14.8 Å². The Bertz CT molecular complexity index is 934. The molecule has 28 heavy (non-hydrogen) atoms. The molecule has 0 aromatic heterocycles. The van der Waals surface area contributed by atoms with E-state index in [0.717, 1.165) is 6.26 Å². The Morgan fingerprint density at radius 2 is 1.79 bits per heavy atom. The van der Waals surface area contributed by atoms with Gasteiger partial charge >= 0.3 is 0 Å². The summed E-state index contributed by atoms with van der Waals surface area (Å²) in [6, 6.07) is 11.8. The highest BCUT2D eigenvalue weighted by Crippen LogP contribution is 2.30. The molecule has 7 nitrogen and oxygen atoms in total. The summed E-state index contributed by atoms with van der Waals surface area (Å²) in [7, 11) is -0.543. The second-order valence-corrected chi connectivity index (χ2v) is 8.32. The number of carbonyl (C=O) groups excluding carboxylic acids is 1. The third-order valence-electron chi connectivity index (χ3n) is 3.95. The fourth-order valence-electron chi connectivity index (χ4n) is 2.65. The third-order valence-corrected chi connectivity index (χ3v) is 5.43. The fourth-order valence-corrected chi connectivity index (χ4v) is 3.88. The summed E-state index contributed by atoms with van der Waals surface area (Å²) in [4.78, 5) is 12.2. The number of ether oxygens (including phenoxy) is 2. The highest BCUT2D eigenvalue weighted by atomic mass is 35.5. The van der Waals surface area contributed by atoms with Gasteiger partial charge in [0.15, 0.2) is 0 Å². The van der Waals surface area contributed by atoms with E-state index in [4.69, 9.17) is 21.1 Å². The normalized spacial score (nSPS) is 11.0. The number of benzene rings is 2. The van der Waals surface area contributed by atoms with E-state index in [0.29, 0.717) is 34.3 Å². The summed E-state index contributed by atoms with van der Waals surface area (Å²) in [6.07, 6.45) is 1.60. The van der Waals surface area contributed by atoms with Gasteiger partial charge in [-0.15, -0.1) is 0 Å². The van der Waals surface area contributed by atoms with Crippen LogP contribution < -0.4 is 19.1 Å². The number of para-hydroxylation sites is 2. The lowest BCUT2D eigenvalue weighted by Crippen LogP contribution is -2.31. The lowest BCUT2D eigenvalue weighted by Gasteiger charge is -2.24. The Balaban J connectivity index is 2.00. The lowest BCUT2D eigenvalue weighted by atomic mass is 10.2. The van der Waals surface area contributed by atoms with E-state index in [1.54, 1.807) is 42.5 Å². The zero-order chi connectivity index (χ0) is 20.7. The second-order valence-electron chi connectivity index (χ2n) is 6.01. The van der Waals surface area contributed by atoms with Crippen LogP contribution >= 0.6 is 11.6 Å². The van der Waals surface area contributed by atoms with Gasteiger partial charge in [-0.1, -0.05) is 23.7 Å². The zero-order valence-corrected chi connectivity index (χ0v) is 17.5. The molecule has 1 N–H and O–H groups in total. The van der Waals surface area contributed by atoms with Gasteiger partial charge in [0.2, 0.25) is 15.9 Å². The van der Waals surface area contributed by atoms with Gasteiger partial charge < -0.3 is 14.8 Å². The Morgan fingerprint density at radius 1 is 1.11 bits per heavy atom. The Labute approximate surface area is 170 Å². The predicted molar refractivity (Wildman–Crippen MR) is 111 cm³/mol. The van der Waals surface area contributed by atoms with Gasteiger partial charge in [-0.05, 0) is 36.8 Å². The van der Waals surface area contributed by atoms with E-state index in [1.165, 1.54) is 18.5 Å². The maximum absolute atomic E-state index is 12.2. The molecule has 0 aliphatic heterocycles. The van der Waals surface area contributed by atoms with Crippen molar-refractivity contribution in [1.29, 1.82) is 0 Å². The molecule has 0 atom stereocenters. The first-order valence-electron chi connectivity index (χ1n) is 8.50. The van der Waals surface area contributed by atoms with Gasteiger partial charge in [0, 0.05) is 18.7 Å². The molecular weight excluding hydrogens is 404 g/mol. The zero-order valence-electron chi connectivity index (χ0n) is 15.9. The molecule has 1 amide bonds. The van der Waals surface area contributed by atoms with Crippen molar-refractivity contribution in [1.82, 2.24) is 0 Å². The standard InChI is InChI=1S/C19H23ClN2O5S/c1-26-17-11-10-14(13-15(17)20)21-19(23)9-6-12-22(28(3,24)25)16-7-4-5-8-18(16)27-2/h4-5,7-8,10-11,13H,6,9,12H2,1-3H3,(H,21,23). The van der Waals surface area contributed by atoms with Crippen molar-refractivity contribution in [3.8, 4) is 11.5 Å². The number of rotatable bonds is 9. The van der Waals surface area contributed by atoms with Crippen molar-refractivity contribution in [3.05, 3.63) is 47.5 Å². The summed E-state index contributed by atoms with van der Waals surface area (Å²) in [5.74, 6) is 0.722. The predicted octanol–water partition coefficient (Wildman–Crippen LogP) is 3.54. The second kappa shape index (κ2) is 9.66. The van der Waals surface area contributed by atoms with Crippen LogP contribution in [0, 0.1) is 0 Å². The molecule has 2 rings (SSSR count). The minimum Gasteiger partial charge on any atom is -0.495 e. The average Bonchev–Trinajstić information content (AvgIpc) is 2.64. The highest BCUT2D eigenvalue weighted by Gasteiger charge is 2.20. The van der Waals surface area contributed by atoms with E-state index in [2.05, 4.69) is 5.32 Å². The number of sulfonamides is 1. The van der Waals surface area contributed by atoms with Gasteiger partial charge in [-0.2, -0.15) is 0 Å². The topological polar surface area (TPSA) is 84.9 Å². The summed E-state index contributed by atoms with van der Waals surface area (Å²) in [5, 5.41) is 3.13. The van der Waals surface area contributed by atoms with Gasteiger partial charge in [-0.25, -0.2) is 8.42 Å². The molecule has 2 aromatic rings. The highest BCUT2D eigenvalue weighted by molar-refractivity contribution is 7.92. The molecule has 0 spiro atoms. The van der Waals surface area contributed by atoms with Gasteiger partial charge in [-0.3, -0.25) is 9.10 Å².